The molecule has 0 fully saturated rings. The predicted molar refractivity (Wildman–Crippen MR) is 73.7 cm³/mol. The first-order valence-electron chi connectivity index (χ1n) is 6.19. The second kappa shape index (κ2) is 5.69. The van der Waals surface area contributed by atoms with Gasteiger partial charge in [0.2, 0.25) is 11.6 Å². The second-order valence-corrected chi connectivity index (χ2v) is 4.67. The normalized spacial score (nSPS) is 10.6. The topological polar surface area (TPSA) is 52.4 Å². The molecule has 2 aromatic rings. The van der Waals surface area contributed by atoms with E-state index in [2.05, 4.69) is 13.8 Å². The van der Waals surface area contributed by atoms with E-state index >= 15 is 0 Å². The fraction of sp³-hybridized carbons (Fsp3) is 0.200. The average Bonchev–Trinajstić information content (AvgIpc) is 2.39. The molecule has 2 rings (SSSR count). The third-order valence-corrected chi connectivity index (χ3v) is 2.91. The molecule has 20 heavy (non-hydrogen) atoms. The Balaban J connectivity index is 2.30. The number of rotatable bonds is 4. The van der Waals surface area contributed by atoms with E-state index in [4.69, 9.17) is 4.74 Å². The van der Waals surface area contributed by atoms with Crippen LogP contribution < -0.4 is 4.74 Å². The van der Waals surface area contributed by atoms with Crippen LogP contribution in [0, 0.1) is 15.9 Å². The Morgan fingerprint density at radius 3 is 2.35 bits per heavy atom. The highest BCUT2D eigenvalue weighted by molar-refractivity contribution is 5.49. The van der Waals surface area contributed by atoms with E-state index < -0.39 is 16.4 Å². The molecule has 0 saturated heterocycles. The SMILES string of the molecule is CC(C)c1ccc(Oc2cccc(F)c2[N+](=O)[O-])cc1. The number of nitrogens with zero attached hydrogens (tertiary/aromatic N) is 1. The molecule has 0 aliphatic rings. The van der Waals surface area contributed by atoms with Gasteiger partial charge in [0.15, 0.2) is 0 Å². The molecule has 4 nitrogen and oxygen atoms in total. The number of ether oxygens (including phenoxy) is 1. The van der Waals surface area contributed by atoms with Crippen LogP contribution in [0.3, 0.4) is 0 Å². The van der Waals surface area contributed by atoms with E-state index in [0.29, 0.717) is 11.7 Å². The number of benzene rings is 2. The molecular weight excluding hydrogens is 261 g/mol. The largest absolute Gasteiger partial charge is 0.450 e. The fourth-order valence-corrected chi connectivity index (χ4v) is 1.80. The summed E-state index contributed by atoms with van der Waals surface area (Å²) in [6.07, 6.45) is 0. The molecule has 0 bridgehead atoms. The number of hydrogen-bond acceptors (Lipinski definition) is 3. The van der Waals surface area contributed by atoms with Crippen LogP contribution in [0.4, 0.5) is 10.1 Å². The molecular formula is C15H14FNO3. The first-order valence-corrected chi connectivity index (χ1v) is 6.19. The third kappa shape index (κ3) is 2.93. The van der Waals surface area contributed by atoms with Crippen molar-refractivity contribution >= 4 is 5.69 Å². The maximum Gasteiger partial charge on any atom is 0.346 e. The van der Waals surface area contributed by atoms with E-state index in [0.717, 1.165) is 11.6 Å². The Morgan fingerprint density at radius 2 is 1.80 bits per heavy atom. The van der Waals surface area contributed by atoms with Crippen LogP contribution in [0.15, 0.2) is 42.5 Å². The minimum absolute atomic E-state index is 0.104. The molecule has 5 heteroatoms. The van der Waals surface area contributed by atoms with Gasteiger partial charge in [0.25, 0.3) is 0 Å². The zero-order valence-corrected chi connectivity index (χ0v) is 11.2. The number of halogens is 1. The fourth-order valence-electron chi connectivity index (χ4n) is 1.80. The molecule has 0 saturated carbocycles. The maximum absolute atomic E-state index is 13.5. The molecule has 104 valence electrons. The second-order valence-electron chi connectivity index (χ2n) is 4.67. The summed E-state index contributed by atoms with van der Waals surface area (Å²) < 4.78 is 18.9. The molecule has 0 amide bonds. The highest BCUT2D eigenvalue weighted by Gasteiger charge is 2.21. The lowest BCUT2D eigenvalue weighted by Crippen LogP contribution is -1.96. The molecule has 0 aliphatic carbocycles. The smallest absolute Gasteiger partial charge is 0.346 e. The summed E-state index contributed by atoms with van der Waals surface area (Å²) in [4.78, 5) is 10.1. The van der Waals surface area contributed by atoms with Gasteiger partial charge in [0.1, 0.15) is 5.75 Å². The number of hydrogen-bond donors (Lipinski definition) is 0. The molecule has 2 aromatic carbocycles. The van der Waals surface area contributed by atoms with Gasteiger partial charge in [-0.3, -0.25) is 10.1 Å². The summed E-state index contributed by atoms with van der Waals surface area (Å²) in [6, 6.07) is 11.0. The Hall–Kier alpha value is -2.43. The Labute approximate surface area is 116 Å². The zero-order valence-electron chi connectivity index (χ0n) is 11.2. The zero-order chi connectivity index (χ0) is 14.7. The highest BCUT2D eigenvalue weighted by Crippen LogP contribution is 2.33. The van der Waals surface area contributed by atoms with E-state index in [-0.39, 0.29) is 5.75 Å². The van der Waals surface area contributed by atoms with E-state index in [1.807, 2.05) is 12.1 Å². The summed E-state index contributed by atoms with van der Waals surface area (Å²) in [7, 11) is 0. The van der Waals surface area contributed by atoms with Gasteiger partial charge in [0.05, 0.1) is 4.92 Å². The van der Waals surface area contributed by atoms with Crippen LogP contribution in [0.2, 0.25) is 0 Å². The predicted octanol–water partition coefficient (Wildman–Crippen LogP) is 4.65. The van der Waals surface area contributed by atoms with Crippen LogP contribution in [0.5, 0.6) is 11.5 Å². The molecule has 0 heterocycles. The van der Waals surface area contributed by atoms with Crippen molar-refractivity contribution in [1.29, 1.82) is 0 Å². The van der Waals surface area contributed by atoms with Gasteiger partial charge in [-0.25, -0.2) is 0 Å². The van der Waals surface area contributed by atoms with Gasteiger partial charge in [-0.15, -0.1) is 0 Å². The molecule has 0 aliphatic heterocycles. The lowest BCUT2D eigenvalue weighted by atomic mass is 10.0. The van der Waals surface area contributed by atoms with Crippen LogP contribution in [-0.2, 0) is 0 Å². The minimum Gasteiger partial charge on any atom is -0.450 e. The van der Waals surface area contributed by atoms with Crippen molar-refractivity contribution in [1.82, 2.24) is 0 Å². The lowest BCUT2D eigenvalue weighted by molar-refractivity contribution is -0.388. The average molecular weight is 275 g/mol. The quantitative estimate of drug-likeness (QED) is 0.602. The summed E-state index contributed by atoms with van der Waals surface area (Å²) in [6.45, 7) is 4.13. The van der Waals surface area contributed by atoms with Crippen LogP contribution in [0.1, 0.15) is 25.3 Å². The van der Waals surface area contributed by atoms with Crippen molar-refractivity contribution in [2.75, 3.05) is 0 Å². The van der Waals surface area contributed by atoms with Crippen molar-refractivity contribution in [3.05, 3.63) is 64.0 Å². The third-order valence-electron chi connectivity index (χ3n) is 2.91. The van der Waals surface area contributed by atoms with Gasteiger partial charge >= 0.3 is 5.69 Å². The van der Waals surface area contributed by atoms with Gasteiger partial charge in [-0.2, -0.15) is 4.39 Å². The minimum atomic E-state index is -0.911. The van der Waals surface area contributed by atoms with E-state index in [1.54, 1.807) is 12.1 Å². The van der Waals surface area contributed by atoms with E-state index in [1.165, 1.54) is 12.1 Å². The maximum atomic E-state index is 13.5. The van der Waals surface area contributed by atoms with Crippen molar-refractivity contribution in [2.24, 2.45) is 0 Å². The van der Waals surface area contributed by atoms with Crippen molar-refractivity contribution in [3.8, 4) is 11.5 Å². The number of nitro groups is 1. The van der Waals surface area contributed by atoms with E-state index in [9.17, 15) is 14.5 Å². The van der Waals surface area contributed by atoms with Crippen molar-refractivity contribution < 1.29 is 14.1 Å². The van der Waals surface area contributed by atoms with Gasteiger partial charge in [-0.05, 0) is 35.7 Å². The molecule has 0 radical (unpaired) electrons. The van der Waals surface area contributed by atoms with Crippen LogP contribution in [0.25, 0.3) is 0 Å². The monoisotopic (exact) mass is 275 g/mol. The van der Waals surface area contributed by atoms with Crippen LogP contribution >= 0.6 is 0 Å². The van der Waals surface area contributed by atoms with Crippen molar-refractivity contribution in [2.45, 2.75) is 19.8 Å². The first-order chi connectivity index (χ1) is 9.49. The molecule has 0 unspecified atom stereocenters. The Bertz CT molecular complexity index is 624. The highest BCUT2D eigenvalue weighted by atomic mass is 19.1. The standard InChI is InChI=1S/C15H14FNO3/c1-10(2)11-6-8-12(9-7-11)20-14-5-3-4-13(16)15(14)17(18)19/h3-10H,1-2H3. The summed E-state index contributed by atoms with van der Waals surface area (Å²) in [5.41, 5.74) is 0.478. The van der Waals surface area contributed by atoms with Crippen LogP contribution in [-0.4, -0.2) is 4.92 Å². The Morgan fingerprint density at radius 1 is 1.15 bits per heavy atom. The molecule has 0 N–H and O–H groups in total. The summed E-state index contributed by atoms with van der Waals surface area (Å²) in [5.74, 6) is -0.200. The number of nitro benzene ring substituents is 1. The Kier molecular flexibility index (Phi) is 3.98. The van der Waals surface area contributed by atoms with Gasteiger partial charge in [0, 0.05) is 0 Å². The lowest BCUT2D eigenvalue weighted by Gasteiger charge is -2.09. The summed E-state index contributed by atoms with van der Waals surface area (Å²) in [5, 5.41) is 10.9. The first kappa shape index (κ1) is 14.0. The van der Waals surface area contributed by atoms with Crippen molar-refractivity contribution in [3.63, 3.8) is 0 Å². The van der Waals surface area contributed by atoms with Gasteiger partial charge < -0.3 is 4.74 Å². The molecule has 0 atom stereocenters. The summed E-state index contributed by atoms with van der Waals surface area (Å²) >= 11 is 0. The molecule has 0 aromatic heterocycles. The molecule has 0 spiro atoms. The van der Waals surface area contributed by atoms with Gasteiger partial charge in [-0.1, -0.05) is 32.0 Å². The number of para-hydroxylation sites is 1.